The molecule has 1 N–H and O–H groups in total. The molecule has 0 aliphatic carbocycles. The molecule has 0 fully saturated rings. The number of rotatable bonds is 4. The number of pyridine rings is 1. The molecule has 0 spiro atoms. The zero-order valence-electron chi connectivity index (χ0n) is 12.8. The molecular weight excluding hydrogens is 268 g/mol. The van der Waals surface area contributed by atoms with E-state index in [-0.39, 0.29) is 4.75 Å². The molecule has 2 aromatic rings. The fourth-order valence-electron chi connectivity index (χ4n) is 1.94. The summed E-state index contributed by atoms with van der Waals surface area (Å²) in [5, 5.41) is 4.34. The number of hydrogen-bond donors (Lipinski definition) is 1. The van der Waals surface area contributed by atoms with Crippen LogP contribution < -0.4 is 10.1 Å². The third-order valence-electron chi connectivity index (χ3n) is 3.00. The normalized spacial score (nSPS) is 11.7. The van der Waals surface area contributed by atoms with E-state index in [2.05, 4.69) is 38.2 Å². The first-order valence-electron chi connectivity index (χ1n) is 6.72. The van der Waals surface area contributed by atoms with E-state index in [1.165, 1.54) is 5.56 Å². The number of aromatic nitrogens is 1. The topological polar surface area (TPSA) is 34.2 Å². The van der Waals surface area contributed by atoms with E-state index in [4.69, 9.17) is 9.72 Å². The molecule has 0 unspecified atom stereocenters. The summed E-state index contributed by atoms with van der Waals surface area (Å²) in [6, 6.07) is 8.22. The maximum absolute atomic E-state index is 5.25. The van der Waals surface area contributed by atoms with Crippen LogP contribution in [0.25, 0.3) is 10.9 Å². The maximum atomic E-state index is 5.25. The van der Waals surface area contributed by atoms with Gasteiger partial charge in [-0.15, -0.1) is 0 Å². The van der Waals surface area contributed by atoms with E-state index >= 15 is 0 Å². The minimum Gasteiger partial charge on any atom is -0.497 e. The minimum atomic E-state index is 0.250. The van der Waals surface area contributed by atoms with Crippen molar-refractivity contribution in [3.63, 3.8) is 0 Å². The Labute approximate surface area is 125 Å². The number of ether oxygens (including phenoxy) is 1. The summed E-state index contributed by atoms with van der Waals surface area (Å²) >= 11 is 1.93. The van der Waals surface area contributed by atoms with Crippen molar-refractivity contribution >= 4 is 28.5 Å². The van der Waals surface area contributed by atoms with Gasteiger partial charge in [0.05, 0.1) is 12.6 Å². The number of fused-ring (bicyclic) bond motifs is 1. The van der Waals surface area contributed by atoms with Gasteiger partial charge in [0.25, 0.3) is 0 Å². The highest BCUT2D eigenvalue weighted by atomic mass is 32.2. The van der Waals surface area contributed by atoms with Crippen molar-refractivity contribution in [3.05, 3.63) is 29.8 Å². The zero-order valence-corrected chi connectivity index (χ0v) is 13.6. The Hall–Kier alpha value is -1.42. The number of anilines is 1. The molecule has 4 heteroatoms. The van der Waals surface area contributed by atoms with Gasteiger partial charge < -0.3 is 10.1 Å². The first-order valence-corrected chi connectivity index (χ1v) is 7.71. The lowest BCUT2D eigenvalue weighted by atomic mass is 10.1. The first-order chi connectivity index (χ1) is 9.43. The fraction of sp³-hybridized carbons (Fsp3) is 0.438. The van der Waals surface area contributed by atoms with E-state index in [9.17, 15) is 0 Å². The summed E-state index contributed by atoms with van der Waals surface area (Å²) in [6.45, 7) is 6.70. The molecular formula is C16H22N2OS. The lowest BCUT2D eigenvalue weighted by Crippen LogP contribution is -2.08. The van der Waals surface area contributed by atoms with Gasteiger partial charge in [-0.25, -0.2) is 4.98 Å². The molecule has 0 saturated carbocycles. The van der Waals surface area contributed by atoms with Crippen molar-refractivity contribution in [1.29, 1.82) is 0 Å². The van der Waals surface area contributed by atoms with Gasteiger partial charge in [-0.1, -0.05) is 20.8 Å². The molecule has 1 aromatic carbocycles. The van der Waals surface area contributed by atoms with Crippen LogP contribution in [0.3, 0.4) is 0 Å². The van der Waals surface area contributed by atoms with Crippen LogP contribution in [0, 0.1) is 0 Å². The Balaban J connectivity index is 2.39. The van der Waals surface area contributed by atoms with Crippen LogP contribution in [0.1, 0.15) is 26.3 Å². The lowest BCUT2D eigenvalue weighted by molar-refractivity contribution is 0.415. The van der Waals surface area contributed by atoms with Gasteiger partial charge in [-0.2, -0.15) is 11.8 Å². The third-order valence-corrected chi connectivity index (χ3v) is 4.32. The highest BCUT2D eigenvalue weighted by molar-refractivity contribution is 7.99. The van der Waals surface area contributed by atoms with E-state index in [0.717, 1.165) is 28.2 Å². The molecule has 0 bridgehead atoms. The Morgan fingerprint density at radius 1 is 1.25 bits per heavy atom. The number of hydrogen-bond acceptors (Lipinski definition) is 4. The van der Waals surface area contributed by atoms with Gasteiger partial charge in [-0.05, 0) is 18.2 Å². The van der Waals surface area contributed by atoms with Gasteiger partial charge in [0.1, 0.15) is 11.6 Å². The quantitative estimate of drug-likeness (QED) is 0.909. The van der Waals surface area contributed by atoms with E-state index in [1.807, 2.05) is 30.9 Å². The van der Waals surface area contributed by atoms with Crippen molar-refractivity contribution in [3.8, 4) is 5.75 Å². The number of thioether (sulfide) groups is 1. The highest BCUT2D eigenvalue weighted by Gasteiger charge is 2.13. The van der Waals surface area contributed by atoms with Crippen LogP contribution in [0.2, 0.25) is 0 Å². The van der Waals surface area contributed by atoms with E-state index < -0.39 is 0 Å². The molecule has 2 rings (SSSR count). The lowest BCUT2D eigenvalue weighted by Gasteiger charge is -2.19. The fourth-order valence-corrected chi connectivity index (χ4v) is 2.75. The third kappa shape index (κ3) is 3.57. The van der Waals surface area contributed by atoms with Gasteiger partial charge >= 0.3 is 0 Å². The summed E-state index contributed by atoms with van der Waals surface area (Å²) in [5.41, 5.74) is 2.20. The molecule has 20 heavy (non-hydrogen) atoms. The summed E-state index contributed by atoms with van der Waals surface area (Å²) < 4.78 is 5.50. The summed E-state index contributed by atoms with van der Waals surface area (Å²) in [6.07, 6.45) is 0. The molecule has 0 aliphatic heterocycles. The van der Waals surface area contributed by atoms with Crippen LogP contribution in [0.5, 0.6) is 5.75 Å². The Morgan fingerprint density at radius 3 is 2.60 bits per heavy atom. The molecule has 1 heterocycles. The largest absolute Gasteiger partial charge is 0.497 e. The van der Waals surface area contributed by atoms with Crippen LogP contribution in [-0.2, 0) is 5.75 Å². The molecule has 3 nitrogen and oxygen atoms in total. The Kier molecular flexibility index (Phi) is 4.43. The Morgan fingerprint density at radius 2 is 2.00 bits per heavy atom. The number of methoxy groups -OCH3 is 1. The van der Waals surface area contributed by atoms with Crippen LogP contribution in [-0.4, -0.2) is 23.9 Å². The molecule has 0 aliphatic rings. The molecule has 0 atom stereocenters. The molecule has 0 saturated heterocycles. The SMILES string of the molecule is CNc1nc2cc(OC)ccc2cc1CSC(C)(C)C. The molecule has 1 aromatic heterocycles. The van der Waals surface area contributed by atoms with E-state index in [1.54, 1.807) is 7.11 Å². The van der Waals surface area contributed by atoms with Crippen LogP contribution in [0.4, 0.5) is 5.82 Å². The van der Waals surface area contributed by atoms with Gasteiger partial charge in [0.2, 0.25) is 0 Å². The zero-order chi connectivity index (χ0) is 14.8. The number of nitrogens with zero attached hydrogens (tertiary/aromatic N) is 1. The Bertz CT molecular complexity index is 605. The second-order valence-corrected chi connectivity index (χ2v) is 7.51. The monoisotopic (exact) mass is 290 g/mol. The van der Waals surface area contributed by atoms with Crippen molar-refractivity contribution in [1.82, 2.24) is 4.98 Å². The van der Waals surface area contributed by atoms with Crippen molar-refractivity contribution in [2.75, 3.05) is 19.5 Å². The predicted molar refractivity (Wildman–Crippen MR) is 88.9 cm³/mol. The maximum Gasteiger partial charge on any atom is 0.130 e. The first kappa shape index (κ1) is 15.0. The average molecular weight is 290 g/mol. The molecule has 0 amide bonds. The summed E-state index contributed by atoms with van der Waals surface area (Å²) in [7, 11) is 3.59. The van der Waals surface area contributed by atoms with Crippen molar-refractivity contribution < 1.29 is 4.74 Å². The molecule has 108 valence electrons. The number of nitrogens with one attached hydrogen (secondary N) is 1. The second-order valence-electron chi connectivity index (χ2n) is 5.71. The van der Waals surface area contributed by atoms with Gasteiger partial charge in [-0.3, -0.25) is 0 Å². The number of benzene rings is 1. The molecule has 0 radical (unpaired) electrons. The highest BCUT2D eigenvalue weighted by Crippen LogP contribution is 2.31. The smallest absolute Gasteiger partial charge is 0.130 e. The van der Waals surface area contributed by atoms with E-state index in [0.29, 0.717) is 0 Å². The summed E-state index contributed by atoms with van der Waals surface area (Å²) in [4.78, 5) is 4.70. The van der Waals surface area contributed by atoms with Crippen LogP contribution in [0.15, 0.2) is 24.3 Å². The average Bonchev–Trinajstić information content (AvgIpc) is 2.42. The summed E-state index contributed by atoms with van der Waals surface area (Å²) in [5.74, 6) is 2.74. The second kappa shape index (κ2) is 5.92. The minimum absolute atomic E-state index is 0.250. The van der Waals surface area contributed by atoms with Crippen LogP contribution >= 0.6 is 11.8 Å². The van der Waals surface area contributed by atoms with Crippen molar-refractivity contribution in [2.24, 2.45) is 0 Å². The van der Waals surface area contributed by atoms with Gasteiger partial charge in [0.15, 0.2) is 0 Å². The van der Waals surface area contributed by atoms with Crippen molar-refractivity contribution in [2.45, 2.75) is 31.3 Å². The predicted octanol–water partition coefficient (Wildman–Crippen LogP) is 4.32. The standard InChI is InChI=1S/C16H22N2OS/c1-16(2,3)20-10-12-8-11-6-7-13(19-5)9-14(11)18-15(12)17-4/h6-9H,10H2,1-5H3,(H,17,18). The van der Waals surface area contributed by atoms with Gasteiger partial charge in [0, 0.05) is 34.6 Å².